The number of halogens is 2. The van der Waals surface area contributed by atoms with Gasteiger partial charge in [0.2, 0.25) is 0 Å². The van der Waals surface area contributed by atoms with E-state index in [0.29, 0.717) is 0 Å². The van der Waals surface area contributed by atoms with Crippen molar-refractivity contribution in [2.75, 3.05) is 34.2 Å². The predicted octanol–water partition coefficient (Wildman–Crippen LogP) is 2.33. The summed E-state index contributed by atoms with van der Waals surface area (Å²) in [7, 11) is 1.54. The van der Waals surface area contributed by atoms with Gasteiger partial charge in [-0.2, -0.15) is 12.7 Å². The van der Waals surface area contributed by atoms with Crippen LogP contribution in [0.1, 0.15) is 19.4 Å². The minimum absolute atomic E-state index is 0.130. The van der Waals surface area contributed by atoms with E-state index >= 15 is 0 Å². The van der Waals surface area contributed by atoms with Crippen molar-refractivity contribution in [3.8, 4) is 0 Å². The first kappa shape index (κ1) is 20.3. The highest BCUT2D eigenvalue weighted by Crippen LogP contribution is 2.21. The van der Waals surface area contributed by atoms with Crippen molar-refractivity contribution < 1.29 is 12.8 Å². The van der Waals surface area contributed by atoms with Crippen molar-refractivity contribution in [3.05, 3.63) is 34.6 Å². The largest absolute Gasteiger partial charge is 0.309 e. The maximum atomic E-state index is 13.8. The van der Waals surface area contributed by atoms with Gasteiger partial charge >= 0.3 is 0 Å². The third-order valence-electron chi connectivity index (χ3n) is 3.33. The van der Waals surface area contributed by atoms with E-state index in [4.69, 9.17) is 11.6 Å². The van der Waals surface area contributed by atoms with Crippen LogP contribution in [0.15, 0.2) is 18.2 Å². The molecular formula is C15H25ClFN3O2S. The minimum atomic E-state index is -3.72. The van der Waals surface area contributed by atoms with Crippen LogP contribution < -0.4 is 4.72 Å². The summed E-state index contributed by atoms with van der Waals surface area (Å²) in [6.07, 6.45) is 0. The van der Waals surface area contributed by atoms with Crippen LogP contribution in [0.4, 0.5) is 4.39 Å². The van der Waals surface area contributed by atoms with Gasteiger partial charge in [-0.25, -0.2) is 9.11 Å². The summed E-state index contributed by atoms with van der Waals surface area (Å²) in [5.74, 6) is -0.521. The lowest BCUT2D eigenvalue weighted by Crippen LogP contribution is -2.44. The van der Waals surface area contributed by atoms with Gasteiger partial charge in [0.15, 0.2) is 0 Å². The van der Waals surface area contributed by atoms with Crippen molar-refractivity contribution in [1.29, 1.82) is 0 Å². The predicted molar refractivity (Wildman–Crippen MR) is 92.1 cm³/mol. The zero-order valence-corrected chi connectivity index (χ0v) is 15.8. The fraction of sp³-hybridized carbons (Fsp3) is 0.600. The van der Waals surface area contributed by atoms with Gasteiger partial charge in [0.05, 0.1) is 0 Å². The second kappa shape index (κ2) is 7.90. The molecule has 0 radical (unpaired) electrons. The van der Waals surface area contributed by atoms with Crippen LogP contribution in [-0.2, 0) is 16.8 Å². The van der Waals surface area contributed by atoms with Crippen molar-refractivity contribution >= 4 is 21.8 Å². The van der Waals surface area contributed by atoms with E-state index in [2.05, 4.69) is 4.72 Å². The summed E-state index contributed by atoms with van der Waals surface area (Å²) in [5, 5.41) is 0.208. The highest BCUT2D eigenvalue weighted by atomic mass is 35.5. The molecule has 0 spiro atoms. The molecule has 1 rings (SSSR count). The van der Waals surface area contributed by atoms with Gasteiger partial charge in [0.1, 0.15) is 5.82 Å². The molecule has 0 amide bonds. The second-order valence-corrected chi connectivity index (χ2v) is 8.95. The molecule has 0 aliphatic carbocycles. The highest BCUT2D eigenvalue weighted by Gasteiger charge is 2.25. The van der Waals surface area contributed by atoms with Crippen LogP contribution >= 0.6 is 11.6 Å². The Morgan fingerprint density at radius 1 is 1.26 bits per heavy atom. The molecule has 0 unspecified atom stereocenters. The van der Waals surface area contributed by atoms with Gasteiger partial charge in [0.25, 0.3) is 10.2 Å². The lowest BCUT2D eigenvalue weighted by Gasteiger charge is -2.29. The Labute approximate surface area is 143 Å². The summed E-state index contributed by atoms with van der Waals surface area (Å²) in [5.41, 5.74) is -0.0675. The van der Waals surface area contributed by atoms with Crippen LogP contribution in [0, 0.1) is 11.2 Å². The Kier molecular flexibility index (Phi) is 6.97. The van der Waals surface area contributed by atoms with E-state index in [1.54, 1.807) is 0 Å². The Morgan fingerprint density at radius 3 is 2.39 bits per heavy atom. The molecule has 5 nitrogen and oxygen atoms in total. The molecule has 0 saturated carbocycles. The number of nitrogens with one attached hydrogen (secondary N) is 1. The molecule has 0 aromatic heterocycles. The fourth-order valence-corrected chi connectivity index (χ4v) is 3.62. The first-order chi connectivity index (χ1) is 10.4. The Morgan fingerprint density at radius 2 is 1.87 bits per heavy atom. The van der Waals surface area contributed by atoms with Crippen molar-refractivity contribution in [2.45, 2.75) is 20.4 Å². The lowest BCUT2D eigenvalue weighted by molar-refractivity contribution is 0.241. The molecule has 0 fully saturated rings. The number of benzene rings is 1. The molecule has 1 aromatic rings. The van der Waals surface area contributed by atoms with Crippen LogP contribution in [-0.4, -0.2) is 51.9 Å². The first-order valence-electron chi connectivity index (χ1n) is 7.23. The molecule has 1 N–H and O–H groups in total. The van der Waals surface area contributed by atoms with Crippen LogP contribution in [0.25, 0.3) is 0 Å². The highest BCUT2D eigenvalue weighted by molar-refractivity contribution is 7.87. The van der Waals surface area contributed by atoms with E-state index in [1.807, 2.05) is 32.8 Å². The van der Waals surface area contributed by atoms with Crippen molar-refractivity contribution in [2.24, 2.45) is 5.41 Å². The molecule has 0 atom stereocenters. The number of hydrogen-bond donors (Lipinski definition) is 1. The zero-order chi connectivity index (χ0) is 17.8. The van der Waals surface area contributed by atoms with E-state index in [9.17, 15) is 12.8 Å². The van der Waals surface area contributed by atoms with Gasteiger partial charge in [-0.15, -0.1) is 0 Å². The maximum Gasteiger partial charge on any atom is 0.279 e. The average molecular weight is 366 g/mol. The number of hydrogen-bond acceptors (Lipinski definition) is 3. The van der Waals surface area contributed by atoms with Gasteiger partial charge < -0.3 is 4.90 Å². The molecule has 0 saturated heterocycles. The maximum absolute atomic E-state index is 13.8. The molecule has 132 valence electrons. The Balaban J connectivity index is 2.76. The third kappa shape index (κ3) is 6.35. The van der Waals surface area contributed by atoms with Gasteiger partial charge in [-0.3, -0.25) is 0 Å². The quantitative estimate of drug-likeness (QED) is 0.769. The Bertz CT molecular complexity index is 615. The average Bonchev–Trinajstić information content (AvgIpc) is 2.39. The number of rotatable bonds is 8. The van der Waals surface area contributed by atoms with Gasteiger partial charge in [0, 0.05) is 37.3 Å². The van der Waals surface area contributed by atoms with Crippen LogP contribution in [0.3, 0.4) is 0 Å². The normalized spacial score (nSPS) is 13.1. The first-order valence-corrected chi connectivity index (χ1v) is 9.05. The van der Waals surface area contributed by atoms with E-state index in [0.717, 1.165) is 10.8 Å². The summed E-state index contributed by atoms with van der Waals surface area (Å²) < 4.78 is 42.1. The summed E-state index contributed by atoms with van der Waals surface area (Å²) in [4.78, 5) is 2.00. The molecule has 23 heavy (non-hydrogen) atoms. The Hall–Kier alpha value is -0.730. The summed E-state index contributed by atoms with van der Waals surface area (Å²) >= 11 is 5.94. The monoisotopic (exact) mass is 365 g/mol. The molecule has 8 heteroatoms. The topological polar surface area (TPSA) is 52.7 Å². The number of nitrogens with zero attached hydrogens (tertiary/aromatic N) is 2. The summed E-state index contributed by atoms with van der Waals surface area (Å²) in [6, 6.07) is 4.28. The standard InChI is InChI=1S/C15H25ClFN3O2S/c1-15(2,11-19(3)4)10-18-23(21,22)20(5)9-12-13(16)7-6-8-14(12)17/h6-8,18H,9-11H2,1-5H3. The minimum Gasteiger partial charge on any atom is -0.309 e. The molecular weight excluding hydrogens is 341 g/mol. The third-order valence-corrected chi connectivity index (χ3v) is 5.14. The second-order valence-electron chi connectivity index (χ2n) is 6.68. The van der Waals surface area contributed by atoms with Gasteiger partial charge in [-0.1, -0.05) is 31.5 Å². The lowest BCUT2D eigenvalue weighted by atomic mass is 9.93. The fourth-order valence-electron chi connectivity index (χ4n) is 2.30. The molecule has 0 bridgehead atoms. The molecule has 0 heterocycles. The smallest absolute Gasteiger partial charge is 0.279 e. The van der Waals surface area contributed by atoms with E-state index in [1.165, 1.54) is 25.2 Å². The van der Waals surface area contributed by atoms with E-state index < -0.39 is 16.0 Å². The summed E-state index contributed by atoms with van der Waals surface area (Å²) in [6.45, 7) is 4.84. The zero-order valence-electron chi connectivity index (χ0n) is 14.2. The molecule has 0 aliphatic heterocycles. The van der Waals surface area contributed by atoms with Crippen molar-refractivity contribution in [1.82, 2.24) is 13.9 Å². The van der Waals surface area contributed by atoms with Crippen molar-refractivity contribution in [3.63, 3.8) is 0 Å². The van der Waals surface area contributed by atoms with Gasteiger partial charge in [-0.05, 0) is 31.6 Å². The van der Waals surface area contributed by atoms with E-state index in [-0.39, 0.29) is 29.1 Å². The van der Waals surface area contributed by atoms with Crippen LogP contribution in [0.5, 0.6) is 0 Å². The molecule has 0 aliphatic rings. The van der Waals surface area contributed by atoms with Crippen LogP contribution in [0.2, 0.25) is 5.02 Å². The molecule has 1 aromatic carbocycles. The SMILES string of the molecule is CN(C)CC(C)(C)CNS(=O)(=O)N(C)Cc1c(F)cccc1Cl.